The number of methoxy groups -OCH3 is 2. The monoisotopic (exact) mass is 545 g/mol. The van der Waals surface area contributed by atoms with Crippen LogP contribution < -0.4 is 16.2 Å². The number of hydrogen-bond acceptors (Lipinski definition) is 13. The van der Waals surface area contributed by atoms with Crippen LogP contribution in [-0.2, 0) is 39.8 Å². The Morgan fingerprint density at radius 3 is 2.47 bits per heavy atom. The molecule has 0 aromatic carbocycles. The Labute approximate surface area is 218 Å². The van der Waals surface area contributed by atoms with Gasteiger partial charge in [0.15, 0.2) is 18.7 Å². The largest absolute Gasteiger partial charge is 0.479 e. The molecule has 3 heterocycles. The second-order valence-corrected chi connectivity index (χ2v) is 8.85. The molecule has 0 saturated carbocycles. The minimum absolute atomic E-state index is 0.100. The van der Waals surface area contributed by atoms with Crippen molar-refractivity contribution in [1.82, 2.24) is 15.2 Å². The summed E-state index contributed by atoms with van der Waals surface area (Å²) in [6.07, 6.45) is -10.4. The number of carboxylic acids is 1. The molecule has 1 aromatic heterocycles. The van der Waals surface area contributed by atoms with E-state index in [1.165, 1.54) is 17.7 Å². The van der Waals surface area contributed by atoms with E-state index in [9.17, 15) is 34.8 Å². The van der Waals surface area contributed by atoms with Crippen LogP contribution in [0.1, 0.15) is 0 Å². The number of pyridine rings is 1. The minimum Gasteiger partial charge on any atom is -0.479 e. The SMILES string of the molecule is COC1OC(CNCCn2ccccc2=O)C(O)C(OC2OC(C(=O)O)C(OC)C(O)C2O)C1NCC=O. The predicted molar refractivity (Wildman–Crippen MR) is 127 cm³/mol. The highest BCUT2D eigenvalue weighted by atomic mass is 16.7. The van der Waals surface area contributed by atoms with E-state index in [1.54, 1.807) is 18.3 Å². The fourth-order valence-electron chi connectivity index (χ4n) is 4.50. The van der Waals surface area contributed by atoms with Crippen molar-refractivity contribution >= 4 is 12.3 Å². The van der Waals surface area contributed by atoms with Crippen molar-refractivity contribution in [2.75, 3.05) is 33.9 Å². The number of nitrogens with zero attached hydrogens (tertiary/aromatic N) is 1. The van der Waals surface area contributed by atoms with Gasteiger partial charge in [-0.25, -0.2) is 4.79 Å². The van der Waals surface area contributed by atoms with E-state index in [0.29, 0.717) is 19.4 Å². The molecule has 10 atom stereocenters. The Balaban J connectivity index is 1.74. The van der Waals surface area contributed by atoms with Crippen molar-refractivity contribution in [2.45, 2.75) is 67.9 Å². The highest BCUT2D eigenvalue weighted by Crippen LogP contribution is 2.30. The molecule has 2 aliphatic heterocycles. The summed E-state index contributed by atoms with van der Waals surface area (Å²) in [5, 5.41) is 47.6. The summed E-state index contributed by atoms with van der Waals surface area (Å²) in [6.45, 7) is 0.664. The zero-order valence-electron chi connectivity index (χ0n) is 21.0. The number of hydrogen-bond donors (Lipinski definition) is 6. The lowest BCUT2D eigenvalue weighted by atomic mass is 9.95. The van der Waals surface area contributed by atoms with Gasteiger partial charge in [0.05, 0.1) is 12.6 Å². The number of aldehydes is 1. The van der Waals surface area contributed by atoms with E-state index < -0.39 is 67.3 Å². The van der Waals surface area contributed by atoms with Crippen molar-refractivity contribution in [3.63, 3.8) is 0 Å². The van der Waals surface area contributed by atoms with Gasteiger partial charge in [-0.3, -0.25) is 4.79 Å². The minimum atomic E-state index is -1.72. The van der Waals surface area contributed by atoms with Crippen LogP contribution in [0.15, 0.2) is 29.2 Å². The summed E-state index contributed by atoms with van der Waals surface area (Å²) in [4.78, 5) is 34.6. The van der Waals surface area contributed by atoms with Crippen molar-refractivity contribution in [2.24, 2.45) is 0 Å². The first-order valence-corrected chi connectivity index (χ1v) is 12.1. The standard InChI is InChI=1S/C23H35N3O12/c1-34-19-16(30)17(31)23(38-20(19)21(32)33)37-18-14(25-7-10-27)22(35-2)36-12(15(18)29)11-24-6-9-26-8-4-3-5-13(26)28/h3-5,8,10,12,14-20,22-25,29-31H,6-7,9,11H2,1-2H3,(H,32,33). The second kappa shape index (κ2) is 14.2. The Morgan fingerprint density at radius 2 is 1.84 bits per heavy atom. The third kappa shape index (κ3) is 7.01. The maximum absolute atomic E-state index is 11.9. The highest BCUT2D eigenvalue weighted by molar-refractivity contribution is 5.73. The lowest BCUT2D eigenvalue weighted by molar-refractivity contribution is -0.338. The van der Waals surface area contributed by atoms with Crippen molar-refractivity contribution < 1.29 is 53.7 Å². The van der Waals surface area contributed by atoms with Gasteiger partial charge >= 0.3 is 5.97 Å². The average molecular weight is 546 g/mol. The van der Waals surface area contributed by atoms with Crippen LogP contribution in [0, 0.1) is 0 Å². The zero-order chi connectivity index (χ0) is 27.8. The summed E-state index contributed by atoms with van der Waals surface area (Å²) in [7, 11) is 2.51. The van der Waals surface area contributed by atoms with Crippen molar-refractivity contribution in [3.8, 4) is 0 Å². The summed E-state index contributed by atoms with van der Waals surface area (Å²) in [5.41, 5.74) is -0.163. The Hall–Kier alpha value is -2.31. The number of ether oxygens (including phenoxy) is 5. The Bertz CT molecular complexity index is 964. The molecule has 15 heteroatoms. The molecule has 6 N–H and O–H groups in total. The van der Waals surface area contributed by atoms with Gasteiger partial charge in [-0.05, 0) is 6.07 Å². The molecule has 2 aliphatic rings. The lowest BCUT2D eigenvalue weighted by Gasteiger charge is -2.47. The van der Waals surface area contributed by atoms with Gasteiger partial charge in [0.25, 0.3) is 5.56 Å². The number of aliphatic hydroxyl groups excluding tert-OH is 3. The maximum Gasteiger partial charge on any atom is 0.335 e. The summed E-state index contributed by atoms with van der Waals surface area (Å²) >= 11 is 0. The predicted octanol–water partition coefficient (Wildman–Crippen LogP) is -3.74. The molecule has 2 saturated heterocycles. The summed E-state index contributed by atoms with van der Waals surface area (Å²) < 4.78 is 29.0. The molecule has 0 bridgehead atoms. The molecular formula is C23H35N3O12. The normalized spacial score (nSPS) is 35.6. The molecule has 2 fully saturated rings. The lowest BCUT2D eigenvalue weighted by Crippen LogP contribution is -2.68. The fourth-order valence-corrected chi connectivity index (χ4v) is 4.50. The van der Waals surface area contributed by atoms with Crippen LogP contribution in [-0.4, -0.2) is 132 Å². The van der Waals surface area contributed by atoms with Gasteiger partial charge in [0.1, 0.15) is 42.9 Å². The number of rotatable bonds is 13. The maximum atomic E-state index is 11.9. The van der Waals surface area contributed by atoms with Crippen LogP contribution in [0.2, 0.25) is 0 Å². The van der Waals surface area contributed by atoms with E-state index in [4.69, 9.17) is 23.7 Å². The molecule has 38 heavy (non-hydrogen) atoms. The molecule has 0 aliphatic carbocycles. The number of aliphatic hydroxyl groups is 3. The molecule has 0 amide bonds. The van der Waals surface area contributed by atoms with Gasteiger partial charge in [-0.15, -0.1) is 0 Å². The molecule has 214 valence electrons. The third-order valence-electron chi connectivity index (χ3n) is 6.47. The molecule has 3 rings (SSSR count). The first-order chi connectivity index (χ1) is 18.2. The fraction of sp³-hybridized carbons (Fsp3) is 0.696. The number of nitrogens with one attached hydrogen (secondary N) is 2. The van der Waals surface area contributed by atoms with Gasteiger partial charge in [-0.2, -0.15) is 0 Å². The van der Waals surface area contributed by atoms with Gasteiger partial charge in [0.2, 0.25) is 0 Å². The number of aliphatic carboxylic acids is 1. The molecule has 1 aromatic rings. The Kier molecular flexibility index (Phi) is 11.3. The van der Waals surface area contributed by atoms with E-state index in [2.05, 4.69) is 10.6 Å². The molecule has 0 spiro atoms. The van der Waals surface area contributed by atoms with Crippen LogP contribution in [0.3, 0.4) is 0 Å². The first kappa shape index (κ1) is 30.2. The quantitative estimate of drug-likeness (QED) is 0.104. The van der Waals surface area contributed by atoms with E-state index in [1.807, 2.05) is 0 Å². The van der Waals surface area contributed by atoms with Crippen LogP contribution >= 0.6 is 0 Å². The third-order valence-corrected chi connectivity index (χ3v) is 6.47. The van der Waals surface area contributed by atoms with Crippen LogP contribution in [0.25, 0.3) is 0 Å². The zero-order valence-corrected chi connectivity index (χ0v) is 21.0. The van der Waals surface area contributed by atoms with Crippen LogP contribution in [0.4, 0.5) is 0 Å². The highest BCUT2D eigenvalue weighted by Gasteiger charge is 2.52. The van der Waals surface area contributed by atoms with E-state index >= 15 is 0 Å². The molecule has 0 radical (unpaired) electrons. The first-order valence-electron chi connectivity index (χ1n) is 12.1. The average Bonchev–Trinajstić information content (AvgIpc) is 2.90. The number of carbonyl (C=O) groups excluding carboxylic acids is 1. The molecule has 15 nitrogen and oxygen atoms in total. The van der Waals surface area contributed by atoms with E-state index in [0.717, 1.165) is 7.11 Å². The van der Waals surface area contributed by atoms with Crippen molar-refractivity contribution in [1.29, 1.82) is 0 Å². The second-order valence-electron chi connectivity index (χ2n) is 8.85. The summed E-state index contributed by atoms with van der Waals surface area (Å²) in [6, 6.07) is 3.86. The van der Waals surface area contributed by atoms with Crippen molar-refractivity contribution in [3.05, 3.63) is 34.7 Å². The molecule has 10 unspecified atom stereocenters. The number of carboxylic acid groups (broad SMARTS) is 1. The number of aromatic nitrogens is 1. The number of carbonyl (C=O) groups is 2. The van der Waals surface area contributed by atoms with E-state index in [-0.39, 0.29) is 18.6 Å². The molecular weight excluding hydrogens is 510 g/mol. The van der Waals surface area contributed by atoms with Crippen LogP contribution in [0.5, 0.6) is 0 Å². The smallest absolute Gasteiger partial charge is 0.335 e. The van der Waals surface area contributed by atoms with Gasteiger partial charge in [-0.1, -0.05) is 6.07 Å². The topological polar surface area (TPSA) is 207 Å². The summed E-state index contributed by atoms with van der Waals surface area (Å²) in [5.74, 6) is -1.45. The van der Waals surface area contributed by atoms with Gasteiger partial charge in [0, 0.05) is 46.1 Å². The Morgan fingerprint density at radius 1 is 1.08 bits per heavy atom. The van der Waals surface area contributed by atoms with Gasteiger partial charge < -0.3 is 64.1 Å².